The summed E-state index contributed by atoms with van der Waals surface area (Å²) in [5.41, 5.74) is 3.01. The third-order valence-corrected chi connectivity index (χ3v) is 2.92. The molecular weight excluding hydrogens is 235 g/mol. The van der Waals surface area contributed by atoms with E-state index in [2.05, 4.69) is 0 Å². The first-order valence-corrected chi connectivity index (χ1v) is 5.73. The molecule has 2 aromatic carbocycles. The van der Waals surface area contributed by atoms with Crippen LogP contribution in [0.1, 0.15) is 18.1 Å². The van der Waals surface area contributed by atoms with E-state index in [4.69, 9.17) is 11.6 Å². The maximum absolute atomic E-state index is 12.8. The summed E-state index contributed by atoms with van der Waals surface area (Å²) >= 11 is 6.08. The lowest BCUT2D eigenvalue weighted by atomic mass is 10.0. The van der Waals surface area contributed by atoms with Gasteiger partial charge in [-0.05, 0) is 47.9 Å². The van der Waals surface area contributed by atoms with Crippen LogP contribution in [0, 0.1) is 5.82 Å². The molecule has 0 bridgehead atoms. The van der Waals surface area contributed by atoms with Gasteiger partial charge in [-0.15, -0.1) is 0 Å². The smallest absolute Gasteiger partial charge is 0.123 e. The van der Waals surface area contributed by atoms with Crippen LogP contribution in [0.4, 0.5) is 4.39 Å². The molecule has 17 heavy (non-hydrogen) atoms. The van der Waals surface area contributed by atoms with Gasteiger partial charge in [0, 0.05) is 5.02 Å². The van der Waals surface area contributed by atoms with E-state index in [1.54, 1.807) is 12.1 Å². The molecule has 2 aromatic rings. The molecule has 0 heterocycles. The van der Waals surface area contributed by atoms with E-state index in [-0.39, 0.29) is 5.82 Å². The first-order chi connectivity index (χ1) is 8.16. The molecule has 0 saturated carbocycles. The molecule has 0 fully saturated rings. The highest BCUT2D eigenvalue weighted by atomic mass is 35.5. The summed E-state index contributed by atoms with van der Waals surface area (Å²) in [6.07, 6.45) is 2.00. The van der Waals surface area contributed by atoms with Crippen molar-refractivity contribution in [1.82, 2.24) is 0 Å². The lowest BCUT2D eigenvalue weighted by Gasteiger charge is -2.03. The Labute approximate surface area is 105 Å². The van der Waals surface area contributed by atoms with Gasteiger partial charge in [-0.25, -0.2) is 4.39 Å². The number of hydrogen-bond acceptors (Lipinski definition) is 0. The van der Waals surface area contributed by atoms with Gasteiger partial charge in [-0.1, -0.05) is 41.9 Å². The second-order valence-electron chi connectivity index (χ2n) is 3.86. The van der Waals surface area contributed by atoms with Crippen LogP contribution < -0.4 is 0 Å². The molecule has 0 aliphatic carbocycles. The van der Waals surface area contributed by atoms with Gasteiger partial charge in [0.2, 0.25) is 0 Å². The third kappa shape index (κ3) is 2.95. The minimum atomic E-state index is -0.223. The minimum Gasteiger partial charge on any atom is -0.207 e. The second-order valence-corrected chi connectivity index (χ2v) is 4.26. The fraction of sp³-hybridized carbons (Fsp3) is 0.0667. The van der Waals surface area contributed by atoms with Crippen LogP contribution >= 0.6 is 11.6 Å². The molecule has 0 unspecified atom stereocenters. The van der Waals surface area contributed by atoms with Crippen LogP contribution in [0.15, 0.2) is 48.5 Å². The Balaban J connectivity index is 2.34. The van der Waals surface area contributed by atoms with Crippen molar-refractivity contribution >= 4 is 23.3 Å². The Morgan fingerprint density at radius 1 is 1.06 bits per heavy atom. The Kier molecular flexibility index (Phi) is 3.60. The van der Waals surface area contributed by atoms with Gasteiger partial charge in [0.15, 0.2) is 0 Å². The molecule has 86 valence electrons. The predicted octanol–water partition coefficient (Wildman–Crippen LogP) is 5.04. The van der Waals surface area contributed by atoms with E-state index in [0.29, 0.717) is 5.02 Å². The van der Waals surface area contributed by atoms with Gasteiger partial charge in [0.25, 0.3) is 0 Å². The van der Waals surface area contributed by atoms with E-state index in [1.165, 1.54) is 12.1 Å². The lowest BCUT2D eigenvalue weighted by Crippen LogP contribution is -1.82. The van der Waals surface area contributed by atoms with Gasteiger partial charge < -0.3 is 0 Å². The van der Waals surface area contributed by atoms with Gasteiger partial charge >= 0.3 is 0 Å². The van der Waals surface area contributed by atoms with E-state index in [1.807, 2.05) is 37.3 Å². The summed E-state index contributed by atoms with van der Waals surface area (Å²) in [5.74, 6) is -0.223. The Morgan fingerprint density at radius 2 is 1.71 bits per heavy atom. The van der Waals surface area contributed by atoms with Crippen molar-refractivity contribution in [2.75, 3.05) is 0 Å². The van der Waals surface area contributed by atoms with Gasteiger partial charge in [-0.3, -0.25) is 0 Å². The molecule has 0 saturated heterocycles. The SMILES string of the molecule is C/C(=C\c1ccccc1Cl)c1ccc(F)cc1. The van der Waals surface area contributed by atoms with Crippen LogP contribution in [0.5, 0.6) is 0 Å². The van der Waals surface area contributed by atoms with Crippen LogP contribution in [0.25, 0.3) is 11.6 Å². The summed E-state index contributed by atoms with van der Waals surface area (Å²) in [6, 6.07) is 14.1. The average molecular weight is 247 g/mol. The zero-order valence-electron chi connectivity index (χ0n) is 9.45. The van der Waals surface area contributed by atoms with E-state index in [9.17, 15) is 4.39 Å². The number of rotatable bonds is 2. The second kappa shape index (κ2) is 5.15. The van der Waals surface area contributed by atoms with Crippen LogP contribution in [-0.2, 0) is 0 Å². The number of allylic oxidation sites excluding steroid dienone is 1. The summed E-state index contributed by atoms with van der Waals surface area (Å²) in [6.45, 7) is 1.98. The summed E-state index contributed by atoms with van der Waals surface area (Å²) < 4.78 is 12.8. The normalized spacial score (nSPS) is 11.6. The van der Waals surface area contributed by atoms with Crippen molar-refractivity contribution in [3.05, 3.63) is 70.5 Å². The van der Waals surface area contributed by atoms with E-state index < -0.39 is 0 Å². The Hall–Kier alpha value is -1.60. The zero-order chi connectivity index (χ0) is 12.3. The molecule has 0 aliphatic rings. The highest BCUT2D eigenvalue weighted by Crippen LogP contribution is 2.22. The Morgan fingerprint density at radius 3 is 2.35 bits per heavy atom. The monoisotopic (exact) mass is 246 g/mol. The molecule has 0 amide bonds. The number of hydrogen-bond donors (Lipinski definition) is 0. The molecule has 0 aliphatic heterocycles. The first-order valence-electron chi connectivity index (χ1n) is 5.35. The number of benzene rings is 2. The van der Waals surface area contributed by atoms with E-state index >= 15 is 0 Å². The van der Waals surface area contributed by atoms with Crippen molar-refractivity contribution < 1.29 is 4.39 Å². The van der Waals surface area contributed by atoms with E-state index in [0.717, 1.165) is 16.7 Å². The summed E-state index contributed by atoms with van der Waals surface area (Å²) in [4.78, 5) is 0. The van der Waals surface area contributed by atoms with Crippen LogP contribution in [-0.4, -0.2) is 0 Å². The van der Waals surface area contributed by atoms with Crippen molar-refractivity contribution in [3.63, 3.8) is 0 Å². The molecule has 0 aromatic heterocycles. The molecule has 2 rings (SSSR count). The fourth-order valence-electron chi connectivity index (χ4n) is 1.62. The highest BCUT2D eigenvalue weighted by molar-refractivity contribution is 6.32. The van der Waals surface area contributed by atoms with Crippen molar-refractivity contribution in [2.45, 2.75) is 6.92 Å². The third-order valence-electron chi connectivity index (χ3n) is 2.58. The molecule has 0 spiro atoms. The standard InChI is InChI=1S/C15H12ClF/c1-11(12-6-8-14(17)9-7-12)10-13-4-2-3-5-15(13)16/h2-10H,1H3/b11-10+. The van der Waals surface area contributed by atoms with Crippen molar-refractivity contribution in [3.8, 4) is 0 Å². The zero-order valence-corrected chi connectivity index (χ0v) is 10.2. The topological polar surface area (TPSA) is 0 Å². The predicted molar refractivity (Wildman–Crippen MR) is 71.4 cm³/mol. The Bertz CT molecular complexity index is 541. The quantitative estimate of drug-likeness (QED) is 0.651. The minimum absolute atomic E-state index is 0.223. The molecule has 0 radical (unpaired) electrons. The number of halogens is 2. The van der Waals surface area contributed by atoms with Crippen LogP contribution in [0.3, 0.4) is 0 Å². The van der Waals surface area contributed by atoms with Gasteiger partial charge in [-0.2, -0.15) is 0 Å². The highest BCUT2D eigenvalue weighted by Gasteiger charge is 1.99. The molecule has 0 atom stereocenters. The molecular formula is C15H12ClF. The average Bonchev–Trinajstić information content (AvgIpc) is 2.33. The largest absolute Gasteiger partial charge is 0.207 e. The van der Waals surface area contributed by atoms with Crippen LogP contribution in [0.2, 0.25) is 5.02 Å². The molecule has 0 nitrogen and oxygen atoms in total. The van der Waals surface area contributed by atoms with Gasteiger partial charge in [0.05, 0.1) is 0 Å². The summed E-state index contributed by atoms with van der Waals surface area (Å²) in [7, 11) is 0. The maximum atomic E-state index is 12.8. The van der Waals surface area contributed by atoms with Gasteiger partial charge in [0.1, 0.15) is 5.82 Å². The van der Waals surface area contributed by atoms with Crippen molar-refractivity contribution in [1.29, 1.82) is 0 Å². The lowest BCUT2D eigenvalue weighted by molar-refractivity contribution is 0.627. The van der Waals surface area contributed by atoms with Crippen molar-refractivity contribution in [2.24, 2.45) is 0 Å². The molecule has 2 heteroatoms. The molecule has 0 N–H and O–H groups in total. The first kappa shape index (κ1) is 11.9. The fourth-order valence-corrected chi connectivity index (χ4v) is 1.81. The maximum Gasteiger partial charge on any atom is 0.123 e. The summed E-state index contributed by atoms with van der Waals surface area (Å²) in [5, 5.41) is 0.717.